The van der Waals surface area contributed by atoms with Crippen molar-refractivity contribution in [3.8, 4) is 11.5 Å². The molecule has 0 fully saturated rings. The zero-order chi connectivity index (χ0) is 22.5. The fourth-order valence-electron chi connectivity index (χ4n) is 3.28. The number of fused-ring (bicyclic) bond motifs is 1. The van der Waals surface area contributed by atoms with Crippen LogP contribution in [0.25, 0.3) is 11.0 Å². The molecule has 0 saturated carbocycles. The minimum Gasteiger partial charge on any atom is -0.493 e. The number of nitrogens with one attached hydrogen (secondary N) is 2. The lowest BCUT2D eigenvalue weighted by molar-refractivity contribution is 0.0955. The predicted molar refractivity (Wildman–Crippen MR) is 125 cm³/mol. The second-order valence-corrected chi connectivity index (χ2v) is 7.41. The molecule has 0 aliphatic carbocycles. The molecule has 1 aromatic heterocycles. The Morgan fingerprint density at radius 2 is 1.91 bits per heavy atom. The van der Waals surface area contributed by atoms with Crippen LogP contribution in [0.3, 0.4) is 0 Å². The van der Waals surface area contributed by atoms with Crippen LogP contribution in [0, 0.1) is 0 Å². The number of ether oxygens (including phenoxy) is 2. The van der Waals surface area contributed by atoms with Crippen molar-refractivity contribution in [1.29, 1.82) is 0 Å². The first-order valence-electron chi connectivity index (χ1n) is 9.85. The molecule has 0 aliphatic rings. The number of nitrogens with zero attached hydrogens (tertiary/aromatic N) is 2. The average molecular weight is 449 g/mol. The summed E-state index contributed by atoms with van der Waals surface area (Å²) in [6.07, 6.45) is 2.09. The van der Waals surface area contributed by atoms with E-state index in [0.29, 0.717) is 28.5 Å². The lowest BCUT2D eigenvalue weighted by Gasteiger charge is -2.08. The smallest absolute Gasteiger partial charge is 0.271 e. The van der Waals surface area contributed by atoms with Gasteiger partial charge in [-0.05, 0) is 42.0 Å². The van der Waals surface area contributed by atoms with E-state index in [0.717, 1.165) is 28.0 Å². The molecule has 0 bridgehead atoms. The molecule has 0 aliphatic heterocycles. The van der Waals surface area contributed by atoms with Gasteiger partial charge >= 0.3 is 0 Å². The molecule has 0 saturated heterocycles. The van der Waals surface area contributed by atoms with Gasteiger partial charge in [-0.1, -0.05) is 35.9 Å². The molecule has 4 aromatic rings. The summed E-state index contributed by atoms with van der Waals surface area (Å²) in [6, 6.07) is 18.3. The number of methoxy groups -OCH3 is 2. The third-order valence-electron chi connectivity index (χ3n) is 4.89. The Morgan fingerprint density at radius 1 is 1.09 bits per heavy atom. The molecule has 1 heterocycles. The van der Waals surface area contributed by atoms with Crippen LogP contribution in [0.5, 0.6) is 11.5 Å². The van der Waals surface area contributed by atoms with E-state index in [1.807, 2.05) is 36.4 Å². The number of hydrogen-bond acceptors (Lipinski definition) is 5. The lowest BCUT2D eigenvalue weighted by atomic mass is 10.1. The maximum absolute atomic E-state index is 12.5. The van der Waals surface area contributed by atoms with Gasteiger partial charge in [0, 0.05) is 22.6 Å². The van der Waals surface area contributed by atoms with Gasteiger partial charge in [0.05, 0.1) is 31.5 Å². The van der Waals surface area contributed by atoms with E-state index < -0.39 is 0 Å². The summed E-state index contributed by atoms with van der Waals surface area (Å²) in [6.45, 7) is 0. The van der Waals surface area contributed by atoms with Gasteiger partial charge in [-0.3, -0.25) is 4.79 Å². The molecular weight excluding hydrogens is 428 g/mol. The first-order chi connectivity index (χ1) is 15.6. The van der Waals surface area contributed by atoms with Gasteiger partial charge in [0.15, 0.2) is 11.5 Å². The van der Waals surface area contributed by atoms with Crippen LogP contribution >= 0.6 is 11.6 Å². The fourth-order valence-corrected chi connectivity index (χ4v) is 3.46. The Bertz CT molecular complexity index is 1300. The monoisotopic (exact) mass is 448 g/mol. The predicted octanol–water partition coefficient (Wildman–Crippen LogP) is 4.59. The lowest BCUT2D eigenvalue weighted by Crippen LogP contribution is -2.17. The van der Waals surface area contributed by atoms with Crippen molar-refractivity contribution in [3.63, 3.8) is 0 Å². The number of aromatic nitrogens is 2. The van der Waals surface area contributed by atoms with E-state index in [1.54, 1.807) is 38.5 Å². The maximum Gasteiger partial charge on any atom is 0.271 e. The molecule has 7 nitrogen and oxygen atoms in total. The van der Waals surface area contributed by atoms with E-state index in [4.69, 9.17) is 21.1 Å². The normalized spacial score (nSPS) is 11.1. The quantitative estimate of drug-likeness (QED) is 0.320. The number of H-pyrrole nitrogens is 1. The molecule has 32 heavy (non-hydrogen) atoms. The van der Waals surface area contributed by atoms with Crippen LogP contribution in [0.4, 0.5) is 0 Å². The van der Waals surface area contributed by atoms with E-state index in [1.165, 1.54) is 6.21 Å². The fraction of sp³-hybridized carbons (Fsp3) is 0.125. The minimum atomic E-state index is -0.328. The van der Waals surface area contributed by atoms with Crippen LogP contribution in [-0.2, 0) is 6.42 Å². The third kappa shape index (κ3) is 4.73. The van der Waals surface area contributed by atoms with Crippen LogP contribution in [-0.4, -0.2) is 36.3 Å². The zero-order valence-electron chi connectivity index (χ0n) is 17.6. The molecule has 1 amide bonds. The summed E-state index contributed by atoms with van der Waals surface area (Å²) < 4.78 is 10.6. The summed E-state index contributed by atoms with van der Waals surface area (Å²) in [5.74, 6) is 1.79. The molecule has 4 rings (SSSR count). The average Bonchev–Trinajstić information content (AvgIpc) is 3.21. The largest absolute Gasteiger partial charge is 0.493 e. The van der Waals surface area contributed by atoms with Crippen LogP contribution in [0.1, 0.15) is 27.3 Å². The van der Waals surface area contributed by atoms with E-state index >= 15 is 0 Å². The summed E-state index contributed by atoms with van der Waals surface area (Å²) in [4.78, 5) is 20.4. The number of halogens is 1. The molecule has 0 atom stereocenters. The van der Waals surface area contributed by atoms with Gasteiger partial charge in [0.2, 0.25) is 0 Å². The van der Waals surface area contributed by atoms with E-state index in [9.17, 15) is 4.79 Å². The minimum absolute atomic E-state index is 0.328. The van der Waals surface area contributed by atoms with Crippen molar-refractivity contribution in [2.75, 3.05) is 14.2 Å². The van der Waals surface area contributed by atoms with Crippen molar-refractivity contribution in [2.24, 2.45) is 5.10 Å². The van der Waals surface area contributed by atoms with E-state index in [2.05, 4.69) is 20.5 Å². The topological polar surface area (TPSA) is 88.6 Å². The van der Waals surface area contributed by atoms with Crippen molar-refractivity contribution in [3.05, 3.63) is 88.2 Å². The number of hydrogen-bond donors (Lipinski definition) is 2. The molecule has 8 heteroatoms. The molecule has 0 unspecified atom stereocenters. The molecule has 3 aromatic carbocycles. The second kappa shape index (κ2) is 9.53. The van der Waals surface area contributed by atoms with Crippen molar-refractivity contribution in [2.45, 2.75) is 6.42 Å². The Labute approximate surface area is 190 Å². The number of aromatic amines is 1. The summed E-state index contributed by atoms with van der Waals surface area (Å²) in [5.41, 5.74) is 6.27. The molecule has 2 N–H and O–H groups in total. The number of rotatable bonds is 7. The number of amides is 1. The van der Waals surface area contributed by atoms with Gasteiger partial charge in [0.25, 0.3) is 5.91 Å². The highest BCUT2D eigenvalue weighted by Gasteiger charge is 2.11. The number of carbonyl (C=O) groups is 1. The van der Waals surface area contributed by atoms with Gasteiger partial charge in [-0.2, -0.15) is 5.10 Å². The zero-order valence-corrected chi connectivity index (χ0v) is 18.3. The summed E-state index contributed by atoms with van der Waals surface area (Å²) >= 11 is 6.09. The Kier molecular flexibility index (Phi) is 6.37. The summed E-state index contributed by atoms with van der Waals surface area (Å²) in [5, 5.41) is 4.55. The first kappa shape index (κ1) is 21.4. The SMILES string of the molecule is COc1ccc(Cc2nc3ccc(C(=O)N/N=C\c4ccccc4Cl)cc3[nH]2)cc1OC. The highest BCUT2D eigenvalue weighted by atomic mass is 35.5. The number of imidazole rings is 1. The van der Waals surface area contributed by atoms with Gasteiger partial charge in [-0.15, -0.1) is 0 Å². The van der Waals surface area contributed by atoms with E-state index in [-0.39, 0.29) is 5.91 Å². The molecule has 0 radical (unpaired) electrons. The highest BCUT2D eigenvalue weighted by Crippen LogP contribution is 2.28. The number of carbonyl (C=O) groups excluding carboxylic acids is 1. The maximum atomic E-state index is 12.5. The van der Waals surface area contributed by atoms with Crippen LogP contribution in [0.15, 0.2) is 65.8 Å². The van der Waals surface area contributed by atoms with Gasteiger partial charge in [-0.25, -0.2) is 10.4 Å². The third-order valence-corrected chi connectivity index (χ3v) is 5.23. The Hall–Kier alpha value is -3.84. The molecule has 162 valence electrons. The standard InChI is InChI=1S/C24H21ClN4O3/c1-31-21-10-7-15(11-22(21)32-2)12-23-27-19-9-8-16(13-20(19)28-23)24(30)29-26-14-17-5-3-4-6-18(17)25/h3-11,13-14H,12H2,1-2H3,(H,27,28)(H,29,30)/b26-14-. The van der Waals surface area contributed by atoms with Crippen LogP contribution < -0.4 is 14.9 Å². The molecular formula is C24H21ClN4O3. The van der Waals surface area contributed by atoms with Crippen LogP contribution in [0.2, 0.25) is 5.02 Å². The van der Waals surface area contributed by atoms with Crippen molar-refractivity contribution < 1.29 is 14.3 Å². The molecule has 0 spiro atoms. The van der Waals surface area contributed by atoms with Gasteiger partial charge < -0.3 is 14.5 Å². The Morgan fingerprint density at radius 3 is 2.69 bits per heavy atom. The van der Waals surface area contributed by atoms with Crippen molar-refractivity contribution in [1.82, 2.24) is 15.4 Å². The number of benzene rings is 3. The van der Waals surface area contributed by atoms with Gasteiger partial charge in [0.1, 0.15) is 5.82 Å². The van der Waals surface area contributed by atoms with Crippen molar-refractivity contribution >= 4 is 34.8 Å². The Balaban J connectivity index is 1.48. The number of hydrazone groups is 1. The summed E-state index contributed by atoms with van der Waals surface area (Å²) in [7, 11) is 3.21. The first-order valence-corrected chi connectivity index (χ1v) is 10.2. The highest BCUT2D eigenvalue weighted by molar-refractivity contribution is 6.33. The second-order valence-electron chi connectivity index (χ2n) is 7.00.